The third-order valence-corrected chi connectivity index (χ3v) is 8.34. The summed E-state index contributed by atoms with van der Waals surface area (Å²) in [6.07, 6.45) is 16.2. The van der Waals surface area contributed by atoms with E-state index in [1.807, 2.05) is 12.1 Å². The van der Waals surface area contributed by atoms with Gasteiger partial charge in [-0.3, -0.25) is 0 Å². The first kappa shape index (κ1) is 26.6. The lowest BCUT2D eigenvalue weighted by Crippen LogP contribution is -2.13. The molecule has 0 radical (unpaired) electrons. The van der Waals surface area contributed by atoms with Crippen LogP contribution in [0.25, 0.3) is 11.1 Å². The maximum Gasteiger partial charge on any atom is 0.131 e. The van der Waals surface area contributed by atoms with E-state index < -0.39 is 0 Å². The summed E-state index contributed by atoms with van der Waals surface area (Å²) in [4.78, 5) is 0. The highest BCUT2D eigenvalue weighted by Gasteiger charge is 2.23. The van der Waals surface area contributed by atoms with Gasteiger partial charge in [0.1, 0.15) is 5.82 Å². The number of hydrogen-bond donors (Lipinski definition) is 0. The molecule has 0 bridgehead atoms. The summed E-state index contributed by atoms with van der Waals surface area (Å²) >= 11 is 0. The Morgan fingerprint density at radius 1 is 0.639 bits per heavy atom. The summed E-state index contributed by atoms with van der Waals surface area (Å²) in [6.45, 7) is 4.52. The molecule has 0 nitrogen and oxygen atoms in total. The fraction of sp³-hybridized carbons (Fsp3) is 0.486. The summed E-state index contributed by atoms with van der Waals surface area (Å²) < 4.78 is 15.2. The molecule has 1 saturated carbocycles. The first-order valence-electron chi connectivity index (χ1n) is 14.6. The van der Waals surface area contributed by atoms with Gasteiger partial charge in [0.05, 0.1) is 0 Å². The van der Waals surface area contributed by atoms with Crippen LogP contribution in [0.15, 0.2) is 66.7 Å². The van der Waals surface area contributed by atoms with Crippen molar-refractivity contribution in [3.8, 4) is 11.1 Å². The Balaban J connectivity index is 1.30. The molecule has 1 aliphatic rings. The van der Waals surface area contributed by atoms with Crippen LogP contribution < -0.4 is 0 Å². The molecule has 36 heavy (non-hydrogen) atoms. The van der Waals surface area contributed by atoms with Crippen molar-refractivity contribution in [2.24, 2.45) is 5.92 Å². The monoisotopic (exact) mass is 484 g/mol. The summed E-state index contributed by atoms with van der Waals surface area (Å²) in [5.74, 6) is 1.34. The van der Waals surface area contributed by atoms with Crippen molar-refractivity contribution in [1.29, 1.82) is 0 Å². The Morgan fingerprint density at radius 3 is 1.81 bits per heavy atom. The van der Waals surface area contributed by atoms with Crippen molar-refractivity contribution in [3.63, 3.8) is 0 Å². The smallest absolute Gasteiger partial charge is 0.131 e. The van der Waals surface area contributed by atoms with E-state index in [2.05, 4.69) is 68.4 Å². The third-order valence-electron chi connectivity index (χ3n) is 8.34. The van der Waals surface area contributed by atoms with Gasteiger partial charge in [-0.15, -0.1) is 0 Å². The van der Waals surface area contributed by atoms with Crippen molar-refractivity contribution in [2.45, 2.75) is 103 Å². The Kier molecular flexibility index (Phi) is 10.2. The van der Waals surface area contributed by atoms with E-state index in [1.165, 1.54) is 92.9 Å². The number of benzene rings is 3. The minimum atomic E-state index is -0.0755. The van der Waals surface area contributed by atoms with Crippen molar-refractivity contribution in [3.05, 3.63) is 94.8 Å². The van der Waals surface area contributed by atoms with Crippen LogP contribution in [0.3, 0.4) is 0 Å². The quantitative estimate of drug-likeness (QED) is 0.224. The van der Waals surface area contributed by atoms with E-state index in [9.17, 15) is 0 Å². The third kappa shape index (κ3) is 7.55. The highest BCUT2D eigenvalue weighted by Crippen LogP contribution is 2.39. The van der Waals surface area contributed by atoms with Crippen LogP contribution in [-0.4, -0.2) is 0 Å². The Bertz CT molecular complexity index is 1040. The molecule has 0 aliphatic heterocycles. The molecule has 0 saturated heterocycles. The lowest BCUT2D eigenvalue weighted by Gasteiger charge is -2.29. The van der Waals surface area contributed by atoms with Gasteiger partial charge in [-0.25, -0.2) is 4.39 Å². The molecule has 192 valence electrons. The van der Waals surface area contributed by atoms with E-state index in [4.69, 9.17) is 0 Å². The number of rotatable bonds is 12. The SMILES string of the molecule is CCCCC[C@H]1CC[C@H](c2ccc(-c3ccc(CCc4ccc(CCCC)cc4)cc3)c(F)c2)CC1. The highest BCUT2D eigenvalue weighted by atomic mass is 19.1. The summed E-state index contributed by atoms with van der Waals surface area (Å²) in [6, 6.07) is 23.6. The molecular formula is C35H45F. The van der Waals surface area contributed by atoms with E-state index in [1.54, 1.807) is 0 Å². The van der Waals surface area contributed by atoms with Gasteiger partial charge in [0.25, 0.3) is 0 Å². The Labute approximate surface area is 219 Å². The molecule has 0 heterocycles. The molecule has 0 N–H and O–H groups in total. The molecule has 3 aromatic rings. The van der Waals surface area contributed by atoms with Gasteiger partial charge < -0.3 is 0 Å². The van der Waals surface area contributed by atoms with Gasteiger partial charge in [0.2, 0.25) is 0 Å². The molecule has 0 atom stereocenters. The number of hydrogen-bond acceptors (Lipinski definition) is 0. The zero-order valence-corrected chi connectivity index (χ0v) is 22.6. The maximum absolute atomic E-state index is 15.2. The van der Waals surface area contributed by atoms with Gasteiger partial charge in [-0.2, -0.15) is 0 Å². The van der Waals surface area contributed by atoms with E-state index in [0.717, 1.165) is 29.9 Å². The molecule has 0 amide bonds. The zero-order valence-electron chi connectivity index (χ0n) is 22.6. The van der Waals surface area contributed by atoms with Crippen LogP contribution in [0.5, 0.6) is 0 Å². The molecule has 1 heteroatoms. The van der Waals surface area contributed by atoms with Gasteiger partial charge in [0.15, 0.2) is 0 Å². The Morgan fingerprint density at radius 2 is 1.22 bits per heavy atom. The van der Waals surface area contributed by atoms with Crippen LogP contribution >= 0.6 is 0 Å². The second-order valence-electron chi connectivity index (χ2n) is 11.1. The minimum Gasteiger partial charge on any atom is -0.206 e. The van der Waals surface area contributed by atoms with Gasteiger partial charge >= 0.3 is 0 Å². The number of unbranched alkanes of at least 4 members (excludes halogenated alkanes) is 3. The minimum absolute atomic E-state index is 0.0755. The largest absolute Gasteiger partial charge is 0.206 e. The van der Waals surface area contributed by atoms with Crippen molar-refractivity contribution in [2.75, 3.05) is 0 Å². The van der Waals surface area contributed by atoms with Gasteiger partial charge in [-0.05, 0) is 97.1 Å². The lowest BCUT2D eigenvalue weighted by atomic mass is 9.77. The molecule has 0 aromatic heterocycles. The van der Waals surface area contributed by atoms with Gasteiger partial charge in [-0.1, -0.05) is 107 Å². The normalized spacial score (nSPS) is 17.9. The summed E-state index contributed by atoms with van der Waals surface area (Å²) in [5, 5.41) is 0. The molecule has 3 aromatic carbocycles. The Hall–Kier alpha value is -2.41. The molecule has 0 unspecified atom stereocenters. The molecule has 1 fully saturated rings. The first-order chi connectivity index (χ1) is 17.7. The van der Waals surface area contributed by atoms with E-state index in [-0.39, 0.29) is 5.82 Å². The van der Waals surface area contributed by atoms with Crippen LogP contribution in [0.4, 0.5) is 4.39 Å². The average Bonchev–Trinajstić information content (AvgIpc) is 2.92. The molecular weight excluding hydrogens is 439 g/mol. The lowest BCUT2D eigenvalue weighted by molar-refractivity contribution is 0.302. The maximum atomic E-state index is 15.2. The first-order valence-corrected chi connectivity index (χ1v) is 14.6. The highest BCUT2D eigenvalue weighted by molar-refractivity contribution is 5.65. The molecule has 0 spiro atoms. The topological polar surface area (TPSA) is 0 Å². The molecule has 4 rings (SSSR count). The van der Waals surface area contributed by atoms with Crippen LogP contribution in [-0.2, 0) is 19.3 Å². The standard InChI is InChI=1S/C35H45F/c1-3-5-7-9-28-16-20-31(21-17-28)33-24-25-34(35(36)26-33)32-22-18-30(19-23-32)15-14-29-12-10-27(11-13-29)8-6-4-2/h10-13,18-19,22-26,28,31H,3-9,14-17,20-21H2,1-2H3/t28-,31-. The summed E-state index contributed by atoms with van der Waals surface area (Å²) in [7, 11) is 0. The second-order valence-corrected chi connectivity index (χ2v) is 11.1. The van der Waals surface area contributed by atoms with Crippen molar-refractivity contribution < 1.29 is 4.39 Å². The second kappa shape index (κ2) is 13.8. The van der Waals surface area contributed by atoms with E-state index >= 15 is 4.39 Å². The predicted octanol–water partition coefficient (Wildman–Crippen LogP) is 10.5. The predicted molar refractivity (Wildman–Crippen MR) is 153 cm³/mol. The summed E-state index contributed by atoms with van der Waals surface area (Å²) in [5.41, 5.74) is 7.02. The number of halogens is 1. The van der Waals surface area contributed by atoms with Crippen LogP contribution in [0.2, 0.25) is 0 Å². The fourth-order valence-corrected chi connectivity index (χ4v) is 5.88. The van der Waals surface area contributed by atoms with Crippen molar-refractivity contribution >= 4 is 0 Å². The van der Waals surface area contributed by atoms with Gasteiger partial charge in [0, 0.05) is 5.56 Å². The van der Waals surface area contributed by atoms with Crippen LogP contribution in [0.1, 0.15) is 106 Å². The zero-order chi connectivity index (χ0) is 25.2. The van der Waals surface area contributed by atoms with E-state index in [0.29, 0.717) is 5.92 Å². The van der Waals surface area contributed by atoms with Crippen LogP contribution in [0, 0.1) is 11.7 Å². The van der Waals surface area contributed by atoms with Crippen molar-refractivity contribution in [1.82, 2.24) is 0 Å². The fourth-order valence-electron chi connectivity index (χ4n) is 5.88. The average molecular weight is 485 g/mol. The number of aryl methyl sites for hydroxylation is 3. The molecule has 1 aliphatic carbocycles.